The Morgan fingerprint density at radius 1 is 0.933 bits per heavy atom. The number of likely N-dealkylation sites (tertiary alicyclic amines) is 1. The summed E-state index contributed by atoms with van der Waals surface area (Å²) in [5.41, 5.74) is 0. The van der Waals surface area contributed by atoms with Crippen LogP contribution in [0.2, 0.25) is 0 Å². The number of quaternary nitrogens is 1. The van der Waals surface area contributed by atoms with E-state index in [2.05, 4.69) is 0 Å². The van der Waals surface area contributed by atoms with Gasteiger partial charge < -0.3 is 20.1 Å². The Kier molecular flexibility index (Phi) is 3.30. The lowest BCUT2D eigenvalue weighted by atomic mass is 9.91. The van der Waals surface area contributed by atoms with Crippen molar-refractivity contribution < 1.29 is 14.9 Å². The Bertz CT molecular complexity index is 206. The van der Waals surface area contributed by atoms with Crippen LogP contribution in [-0.4, -0.2) is 46.2 Å². The number of aliphatic hydroxyl groups is 2. The highest BCUT2D eigenvalue weighted by molar-refractivity contribution is 4.76. The molecule has 2 N–H and O–H groups in total. The third-order valence-corrected chi connectivity index (χ3v) is 3.82. The molecule has 0 bridgehead atoms. The first-order valence-electron chi connectivity index (χ1n) is 6.04. The van der Waals surface area contributed by atoms with E-state index in [1.165, 1.54) is 6.42 Å². The fourth-order valence-corrected chi connectivity index (χ4v) is 3.10. The predicted molar refractivity (Wildman–Crippen MR) is 56.9 cm³/mol. The molecule has 2 atom stereocenters. The Morgan fingerprint density at radius 2 is 1.47 bits per heavy atom. The number of piperidine rings is 1. The topological polar surface area (TPSA) is 63.5 Å². The Morgan fingerprint density at radius 3 is 2.00 bits per heavy atom. The van der Waals surface area contributed by atoms with Gasteiger partial charge in [0, 0.05) is 6.42 Å². The minimum Gasteiger partial charge on any atom is -0.632 e. The molecule has 4 heteroatoms. The highest BCUT2D eigenvalue weighted by Crippen LogP contribution is 2.31. The van der Waals surface area contributed by atoms with Crippen LogP contribution in [-0.2, 0) is 0 Å². The first kappa shape index (κ1) is 11.3. The smallest absolute Gasteiger partial charge is 0.106 e. The molecule has 1 aliphatic heterocycles. The van der Waals surface area contributed by atoms with Gasteiger partial charge in [-0.1, -0.05) is 6.42 Å². The summed E-state index contributed by atoms with van der Waals surface area (Å²) in [6.07, 6.45) is 4.53. The zero-order valence-electron chi connectivity index (χ0n) is 9.14. The fourth-order valence-electron chi connectivity index (χ4n) is 3.10. The summed E-state index contributed by atoms with van der Waals surface area (Å²) in [7, 11) is 0. The first-order valence-corrected chi connectivity index (χ1v) is 6.04. The monoisotopic (exact) mass is 215 g/mol. The number of aliphatic hydroxyl groups excluding tert-OH is 2. The maximum Gasteiger partial charge on any atom is 0.106 e. The van der Waals surface area contributed by atoms with Gasteiger partial charge in [0.05, 0.1) is 6.04 Å². The van der Waals surface area contributed by atoms with Gasteiger partial charge in [-0.3, -0.25) is 0 Å². The summed E-state index contributed by atoms with van der Waals surface area (Å²) in [6, 6.07) is 0.114. The average Bonchev–Trinajstić information content (AvgIpc) is 2.17. The summed E-state index contributed by atoms with van der Waals surface area (Å²) in [5.74, 6) is 0. The Balaban J connectivity index is 2.02. The highest BCUT2D eigenvalue weighted by Gasteiger charge is 2.38. The maximum absolute atomic E-state index is 12.5. The van der Waals surface area contributed by atoms with Crippen LogP contribution in [0, 0.1) is 5.21 Å². The van der Waals surface area contributed by atoms with Crippen molar-refractivity contribution in [3.05, 3.63) is 5.21 Å². The van der Waals surface area contributed by atoms with Gasteiger partial charge in [0.25, 0.3) is 0 Å². The van der Waals surface area contributed by atoms with Gasteiger partial charge in [0.1, 0.15) is 25.3 Å². The third kappa shape index (κ3) is 2.50. The normalized spacial score (nSPS) is 44.2. The lowest BCUT2D eigenvalue weighted by molar-refractivity contribution is -0.917. The molecule has 4 nitrogen and oxygen atoms in total. The second-order valence-corrected chi connectivity index (χ2v) is 5.15. The number of hydroxylamine groups is 3. The number of nitrogens with zero attached hydrogens (tertiary/aromatic N) is 1. The molecule has 2 fully saturated rings. The molecule has 2 rings (SSSR count). The van der Waals surface area contributed by atoms with Crippen LogP contribution in [0.5, 0.6) is 0 Å². The highest BCUT2D eigenvalue weighted by atomic mass is 16.6. The zero-order valence-corrected chi connectivity index (χ0v) is 9.14. The molecule has 1 saturated carbocycles. The molecule has 0 aromatic heterocycles. The molecule has 0 radical (unpaired) electrons. The van der Waals surface area contributed by atoms with Crippen molar-refractivity contribution in [2.75, 3.05) is 13.1 Å². The summed E-state index contributed by atoms with van der Waals surface area (Å²) < 4.78 is -0.359. The van der Waals surface area contributed by atoms with E-state index in [1.807, 2.05) is 0 Å². The van der Waals surface area contributed by atoms with Crippen LogP contribution in [0.15, 0.2) is 0 Å². The van der Waals surface area contributed by atoms with E-state index in [0.29, 0.717) is 6.42 Å². The second-order valence-electron chi connectivity index (χ2n) is 5.15. The molecular formula is C11H21NO3. The van der Waals surface area contributed by atoms with Crippen molar-refractivity contribution >= 4 is 0 Å². The first-order chi connectivity index (χ1) is 7.10. The van der Waals surface area contributed by atoms with E-state index in [0.717, 1.165) is 25.7 Å². The van der Waals surface area contributed by atoms with Crippen LogP contribution in [0.3, 0.4) is 0 Å². The molecule has 0 spiro atoms. The molecule has 0 amide bonds. The van der Waals surface area contributed by atoms with E-state index in [1.54, 1.807) is 0 Å². The summed E-state index contributed by atoms with van der Waals surface area (Å²) in [5, 5.41) is 31.7. The fraction of sp³-hybridized carbons (Fsp3) is 1.00. The van der Waals surface area contributed by atoms with Crippen LogP contribution in [0.4, 0.5) is 0 Å². The van der Waals surface area contributed by atoms with Gasteiger partial charge in [-0.25, -0.2) is 0 Å². The average molecular weight is 215 g/mol. The molecule has 0 aromatic rings. The van der Waals surface area contributed by atoms with E-state index < -0.39 is 12.2 Å². The standard InChI is InChI=1S/C11H21NO3/c13-10-6-11(14)8-12(15,7-10)9-4-2-1-3-5-9/h9-11,13-14H,1-8H2. The van der Waals surface area contributed by atoms with E-state index in [9.17, 15) is 15.4 Å². The van der Waals surface area contributed by atoms with Crippen LogP contribution in [0.1, 0.15) is 38.5 Å². The minimum atomic E-state index is -0.617. The summed E-state index contributed by atoms with van der Waals surface area (Å²) >= 11 is 0. The molecule has 2 aliphatic rings. The zero-order chi connectivity index (χ0) is 10.9. The lowest BCUT2D eigenvalue weighted by Gasteiger charge is -2.54. The molecule has 1 aliphatic carbocycles. The van der Waals surface area contributed by atoms with E-state index in [4.69, 9.17) is 0 Å². The molecule has 0 aromatic carbocycles. The van der Waals surface area contributed by atoms with E-state index >= 15 is 0 Å². The predicted octanol–water partition coefficient (Wildman–Crippen LogP) is 0.759. The number of rotatable bonds is 1. The maximum atomic E-state index is 12.5. The summed E-state index contributed by atoms with van der Waals surface area (Å²) in [6.45, 7) is 0.559. The summed E-state index contributed by atoms with van der Waals surface area (Å²) in [4.78, 5) is 0. The van der Waals surface area contributed by atoms with Gasteiger partial charge >= 0.3 is 0 Å². The molecule has 88 valence electrons. The molecular weight excluding hydrogens is 194 g/mol. The van der Waals surface area contributed by atoms with Gasteiger partial charge in [0.2, 0.25) is 0 Å². The van der Waals surface area contributed by atoms with E-state index in [-0.39, 0.29) is 23.8 Å². The Labute approximate surface area is 90.7 Å². The van der Waals surface area contributed by atoms with Gasteiger partial charge in [-0.15, -0.1) is 0 Å². The van der Waals surface area contributed by atoms with Crippen LogP contribution in [0.25, 0.3) is 0 Å². The van der Waals surface area contributed by atoms with Crippen molar-refractivity contribution in [3.63, 3.8) is 0 Å². The van der Waals surface area contributed by atoms with Crippen molar-refractivity contribution in [2.24, 2.45) is 0 Å². The van der Waals surface area contributed by atoms with Gasteiger partial charge in [-0.2, -0.15) is 0 Å². The van der Waals surface area contributed by atoms with Crippen molar-refractivity contribution in [3.8, 4) is 0 Å². The van der Waals surface area contributed by atoms with Gasteiger partial charge in [0.15, 0.2) is 0 Å². The molecule has 1 saturated heterocycles. The largest absolute Gasteiger partial charge is 0.632 e. The molecule has 2 unspecified atom stereocenters. The number of hydrogen-bond donors (Lipinski definition) is 2. The molecule has 1 heterocycles. The van der Waals surface area contributed by atoms with Crippen LogP contribution < -0.4 is 0 Å². The van der Waals surface area contributed by atoms with Crippen molar-refractivity contribution in [1.29, 1.82) is 0 Å². The number of hydrogen-bond acceptors (Lipinski definition) is 3. The SMILES string of the molecule is [O-][N+]1(C2CCCCC2)CC(O)CC(O)C1. The van der Waals surface area contributed by atoms with Gasteiger partial charge in [-0.05, 0) is 25.7 Å². The molecule has 15 heavy (non-hydrogen) atoms. The van der Waals surface area contributed by atoms with Crippen molar-refractivity contribution in [2.45, 2.75) is 56.8 Å². The van der Waals surface area contributed by atoms with Crippen molar-refractivity contribution in [1.82, 2.24) is 0 Å². The van der Waals surface area contributed by atoms with Crippen LogP contribution >= 0.6 is 0 Å². The minimum absolute atomic E-state index is 0.114. The quantitative estimate of drug-likeness (QED) is 0.501. The lowest BCUT2D eigenvalue weighted by Crippen LogP contribution is -2.61. The Hall–Kier alpha value is -0.160. The third-order valence-electron chi connectivity index (χ3n) is 3.82. The second kappa shape index (κ2) is 4.37.